The van der Waals surface area contributed by atoms with Crippen LogP contribution in [0.4, 0.5) is 5.82 Å². The van der Waals surface area contributed by atoms with E-state index < -0.39 is 0 Å². The number of aromatic nitrogens is 3. The number of thioether (sulfide) groups is 1. The summed E-state index contributed by atoms with van der Waals surface area (Å²) >= 11 is 1.74. The molecule has 104 valence electrons. The first-order valence-corrected chi connectivity index (χ1v) is 7.52. The summed E-state index contributed by atoms with van der Waals surface area (Å²) in [4.78, 5) is 11.3. The minimum absolute atomic E-state index is 0.205. The molecule has 0 fully saturated rings. The summed E-state index contributed by atoms with van der Waals surface area (Å²) < 4.78 is 0. The van der Waals surface area contributed by atoms with Gasteiger partial charge >= 0.3 is 0 Å². The first kappa shape index (κ1) is 14.1. The van der Waals surface area contributed by atoms with Gasteiger partial charge in [-0.25, -0.2) is 9.97 Å². The van der Waals surface area contributed by atoms with Gasteiger partial charge in [0.1, 0.15) is 11.8 Å². The number of nitrogens with two attached hydrogens (primary N) is 1. The van der Waals surface area contributed by atoms with Crippen LogP contribution in [0, 0.1) is 5.92 Å². The highest BCUT2D eigenvalue weighted by Crippen LogP contribution is 2.18. The normalized spacial score (nSPS) is 12.9. The van der Waals surface area contributed by atoms with E-state index >= 15 is 0 Å². The van der Waals surface area contributed by atoms with Crippen molar-refractivity contribution < 1.29 is 5.11 Å². The first-order valence-electron chi connectivity index (χ1n) is 6.13. The summed E-state index contributed by atoms with van der Waals surface area (Å²) in [6.07, 6.45) is 5.41. The van der Waals surface area contributed by atoms with Crippen molar-refractivity contribution in [2.75, 3.05) is 30.9 Å². The monoisotopic (exact) mass is 281 g/mol. The molecule has 2 rings (SSSR count). The lowest BCUT2D eigenvalue weighted by atomic mass is 10.2. The molecular weight excluding hydrogens is 262 g/mol. The number of aliphatic hydroxyl groups is 1. The van der Waals surface area contributed by atoms with Gasteiger partial charge in [0.25, 0.3) is 0 Å². The average molecular weight is 281 g/mol. The van der Waals surface area contributed by atoms with E-state index in [9.17, 15) is 5.11 Å². The Morgan fingerprint density at radius 3 is 3.11 bits per heavy atom. The Bertz CT molecular complexity index is 530. The Balaban J connectivity index is 1.97. The molecule has 0 radical (unpaired) electrons. The van der Waals surface area contributed by atoms with Crippen molar-refractivity contribution >= 4 is 28.6 Å². The van der Waals surface area contributed by atoms with Crippen LogP contribution in [-0.4, -0.2) is 45.2 Å². The number of hydrogen-bond acceptors (Lipinski definition) is 6. The number of nitrogen functional groups attached to an aromatic ring is 1. The Morgan fingerprint density at radius 2 is 2.37 bits per heavy atom. The molecule has 19 heavy (non-hydrogen) atoms. The van der Waals surface area contributed by atoms with E-state index in [0.717, 1.165) is 28.9 Å². The minimum atomic E-state index is 0.205. The largest absolute Gasteiger partial charge is 0.396 e. The van der Waals surface area contributed by atoms with Crippen LogP contribution < -0.4 is 11.1 Å². The summed E-state index contributed by atoms with van der Waals surface area (Å²) in [6.45, 7) is 1.68. The van der Waals surface area contributed by atoms with Crippen molar-refractivity contribution in [2.24, 2.45) is 5.92 Å². The molecule has 0 saturated heterocycles. The van der Waals surface area contributed by atoms with Crippen LogP contribution in [0.15, 0.2) is 12.5 Å². The molecule has 0 aliphatic rings. The zero-order valence-corrected chi connectivity index (χ0v) is 11.7. The Morgan fingerprint density at radius 1 is 1.53 bits per heavy atom. The minimum Gasteiger partial charge on any atom is -0.396 e. The molecule has 2 aromatic heterocycles. The second kappa shape index (κ2) is 6.74. The van der Waals surface area contributed by atoms with Crippen molar-refractivity contribution in [3.8, 4) is 0 Å². The molecule has 0 saturated carbocycles. The van der Waals surface area contributed by atoms with E-state index in [1.807, 2.05) is 12.5 Å². The Hall–Kier alpha value is -1.31. The van der Waals surface area contributed by atoms with Gasteiger partial charge in [0, 0.05) is 37.4 Å². The fraction of sp³-hybridized carbons (Fsp3) is 0.500. The number of nitrogens with one attached hydrogen (secondary N) is 2. The van der Waals surface area contributed by atoms with Gasteiger partial charge in [-0.1, -0.05) is 0 Å². The SMILES string of the molecule is CSCC(CO)CNCc1c[nH]c2c(N)ncnc12. The number of anilines is 1. The zero-order valence-electron chi connectivity index (χ0n) is 10.9. The molecular formula is C12H19N5OS. The fourth-order valence-electron chi connectivity index (χ4n) is 1.97. The zero-order chi connectivity index (χ0) is 13.7. The van der Waals surface area contributed by atoms with Gasteiger partial charge in [0.05, 0.1) is 5.52 Å². The molecule has 0 aromatic carbocycles. The predicted octanol–water partition coefficient (Wildman–Crippen LogP) is 0.601. The molecule has 0 bridgehead atoms. The van der Waals surface area contributed by atoms with E-state index in [1.54, 1.807) is 11.8 Å². The van der Waals surface area contributed by atoms with Gasteiger partial charge in [-0.2, -0.15) is 11.8 Å². The number of nitrogens with zero attached hydrogens (tertiary/aromatic N) is 2. The van der Waals surface area contributed by atoms with Gasteiger partial charge in [0.15, 0.2) is 5.82 Å². The van der Waals surface area contributed by atoms with Crippen LogP contribution in [0.3, 0.4) is 0 Å². The third-order valence-electron chi connectivity index (χ3n) is 2.98. The summed E-state index contributed by atoms with van der Waals surface area (Å²) in [5.74, 6) is 1.69. The van der Waals surface area contributed by atoms with Crippen LogP contribution in [0.25, 0.3) is 11.0 Å². The highest BCUT2D eigenvalue weighted by atomic mass is 32.2. The maximum absolute atomic E-state index is 9.23. The van der Waals surface area contributed by atoms with Crippen LogP contribution in [0.5, 0.6) is 0 Å². The number of H-pyrrole nitrogens is 1. The van der Waals surface area contributed by atoms with E-state index in [2.05, 4.69) is 20.3 Å². The second-order valence-corrected chi connectivity index (χ2v) is 5.34. The lowest BCUT2D eigenvalue weighted by Crippen LogP contribution is -2.26. The lowest BCUT2D eigenvalue weighted by Gasteiger charge is -2.13. The maximum atomic E-state index is 9.23. The standard InChI is InChI=1S/C12H19N5OS/c1-19-6-8(5-18)2-14-3-9-4-15-11-10(9)16-7-17-12(11)13/h4,7-8,14-15,18H,2-3,5-6H2,1H3,(H2,13,16,17). The lowest BCUT2D eigenvalue weighted by molar-refractivity contribution is 0.236. The summed E-state index contributed by atoms with van der Waals surface area (Å²) in [5, 5.41) is 12.6. The smallest absolute Gasteiger partial charge is 0.151 e. The van der Waals surface area contributed by atoms with Crippen molar-refractivity contribution in [3.05, 3.63) is 18.1 Å². The molecule has 0 spiro atoms. The van der Waals surface area contributed by atoms with Crippen LogP contribution in [-0.2, 0) is 6.54 Å². The quantitative estimate of drug-likeness (QED) is 0.593. The number of rotatable bonds is 7. The third-order valence-corrected chi connectivity index (χ3v) is 3.79. The highest BCUT2D eigenvalue weighted by molar-refractivity contribution is 7.98. The predicted molar refractivity (Wildman–Crippen MR) is 79.0 cm³/mol. The molecule has 1 atom stereocenters. The molecule has 0 amide bonds. The van der Waals surface area contributed by atoms with Crippen molar-refractivity contribution in [2.45, 2.75) is 6.54 Å². The van der Waals surface area contributed by atoms with Gasteiger partial charge < -0.3 is 21.1 Å². The Kier molecular flexibility index (Phi) is 5.00. The molecule has 1 unspecified atom stereocenters. The Labute approximate surface area is 116 Å². The first-order chi connectivity index (χ1) is 9.26. The molecule has 2 heterocycles. The van der Waals surface area contributed by atoms with E-state index in [4.69, 9.17) is 5.73 Å². The highest BCUT2D eigenvalue weighted by Gasteiger charge is 2.09. The van der Waals surface area contributed by atoms with Crippen molar-refractivity contribution in [1.82, 2.24) is 20.3 Å². The molecule has 2 aromatic rings. The summed E-state index contributed by atoms with van der Waals surface area (Å²) in [7, 11) is 0. The topological polar surface area (TPSA) is 99.8 Å². The van der Waals surface area contributed by atoms with Gasteiger partial charge in [-0.05, 0) is 12.0 Å². The van der Waals surface area contributed by atoms with E-state index in [-0.39, 0.29) is 12.5 Å². The van der Waals surface area contributed by atoms with Crippen LogP contribution >= 0.6 is 11.8 Å². The average Bonchev–Trinajstić information content (AvgIpc) is 2.83. The third kappa shape index (κ3) is 3.37. The summed E-state index contributed by atoms with van der Waals surface area (Å²) in [6, 6.07) is 0. The van der Waals surface area contributed by atoms with Gasteiger partial charge in [-0.15, -0.1) is 0 Å². The van der Waals surface area contributed by atoms with Crippen molar-refractivity contribution in [3.63, 3.8) is 0 Å². The van der Waals surface area contributed by atoms with Crippen molar-refractivity contribution in [1.29, 1.82) is 0 Å². The molecule has 6 nitrogen and oxygen atoms in total. The number of fused-ring (bicyclic) bond motifs is 1. The maximum Gasteiger partial charge on any atom is 0.151 e. The van der Waals surface area contributed by atoms with Crippen LogP contribution in [0.2, 0.25) is 0 Å². The van der Waals surface area contributed by atoms with E-state index in [1.165, 1.54) is 6.33 Å². The van der Waals surface area contributed by atoms with E-state index in [0.29, 0.717) is 12.4 Å². The molecule has 0 aliphatic carbocycles. The fourth-order valence-corrected chi connectivity index (χ4v) is 2.66. The molecule has 7 heteroatoms. The molecule has 0 aliphatic heterocycles. The number of aromatic amines is 1. The number of aliphatic hydroxyl groups excluding tert-OH is 1. The molecule has 5 N–H and O–H groups in total. The summed E-state index contributed by atoms with van der Waals surface area (Å²) in [5.41, 5.74) is 8.46. The van der Waals surface area contributed by atoms with Gasteiger partial charge in [-0.3, -0.25) is 0 Å². The second-order valence-electron chi connectivity index (χ2n) is 4.43. The van der Waals surface area contributed by atoms with Crippen LogP contribution in [0.1, 0.15) is 5.56 Å². The van der Waals surface area contributed by atoms with Gasteiger partial charge in [0.2, 0.25) is 0 Å². The number of hydrogen-bond donors (Lipinski definition) is 4.